The fourth-order valence-electron chi connectivity index (χ4n) is 4.42. The third-order valence-electron chi connectivity index (χ3n) is 6.42. The van der Waals surface area contributed by atoms with Crippen LogP contribution in [0.3, 0.4) is 0 Å². The number of sulfonamides is 1. The van der Waals surface area contributed by atoms with E-state index in [2.05, 4.69) is 5.32 Å². The van der Waals surface area contributed by atoms with Gasteiger partial charge in [-0.3, -0.25) is 13.9 Å². The standard InChI is InChI=1S/C30H37N3O4S/c1-4-31-30(35)28(22-25-15-7-5-8-16-25)32(23-26-17-12-11-14-24(26)2)29(34)20-13-21-33(38(3,36)37)27-18-9-6-10-19-27/h5-12,14-19,28H,4,13,20-23H2,1-3H3,(H,31,35)/t28-/m1/s1. The molecule has 7 nitrogen and oxygen atoms in total. The lowest BCUT2D eigenvalue weighted by atomic mass is 10.0. The molecule has 3 aromatic carbocycles. The highest BCUT2D eigenvalue weighted by Crippen LogP contribution is 2.20. The Kier molecular flexibility index (Phi) is 10.5. The van der Waals surface area contributed by atoms with E-state index in [0.717, 1.165) is 22.9 Å². The van der Waals surface area contributed by atoms with Gasteiger partial charge < -0.3 is 10.2 Å². The lowest BCUT2D eigenvalue weighted by Crippen LogP contribution is -2.50. The van der Waals surface area contributed by atoms with E-state index in [0.29, 0.717) is 25.1 Å². The second-order valence-corrected chi connectivity index (χ2v) is 11.2. The number of likely N-dealkylation sites (N-methyl/N-ethyl adjacent to an activating group) is 1. The molecule has 0 aliphatic carbocycles. The summed E-state index contributed by atoms with van der Waals surface area (Å²) in [4.78, 5) is 28.7. The zero-order valence-corrected chi connectivity index (χ0v) is 23.2. The van der Waals surface area contributed by atoms with Gasteiger partial charge in [-0.2, -0.15) is 0 Å². The number of aryl methyl sites for hydroxylation is 1. The number of anilines is 1. The zero-order chi connectivity index (χ0) is 27.5. The molecule has 8 heteroatoms. The van der Waals surface area contributed by atoms with Crippen molar-refractivity contribution >= 4 is 27.5 Å². The van der Waals surface area contributed by atoms with Crippen LogP contribution in [0.15, 0.2) is 84.9 Å². The molecule has 0 unspecified atom stereocenters. The van der Waals surface area contributed by atoms with Gasteiger partial charge in [0.1, 0.15) is 6.04 Å². The van der Waals surface area contributed by atoms with Crippen LogP contribution in [0.1, 0.15) is 36.5 Å². The van der Waals surface area contributed by atoms with Gasteiger partial charge in [0.25, 0.3) is 0 Å². The molecule has 0 aromatic heterocycles. The number of hydrogen-bond acceptors (Lipinski definition) is 4. The van der Waals surface area contributed by atoms with Crippen LogP contribution >= 0.6 is 0 Å². The third kappa shape index (κ3) is 8.18. The van der Waals surface area contributed by atoms with E-state index in [9.17, 15) is 18.0 Å². The van der Waals surface area contributed by atoms with E-state index >= 15 is 0 Å². The maximum absolute atomic E-state index is 13.7. The van der Waals surface area contributed by atoms with Gasteiger partial charge in [-0.15, -0.1) is 0 Å². The zero-order valence-electron chi connectivity index (χ0n) is 22.3. The van der Waals surface area contributed by atoms with Crippen LogP contribution in [0, 0.1) is 6.92 Å². The molecule has 0 spiro atoms. The molecular formula is C30H37N3O4S. The highest BCUT2D eigenvalue weighted by Gasteiger charge is 2.30. The summed E-state index contributed by atoms with van der Waals surface area (Å²) in [5.74, 6) is -0.401. The topological polar surface area (TPSA) is 86.8 Å². The van der Waals surface area contributed by atoms with Crippen LogP contribution in [0.5, 0.6) is 0 Å². The highest BCUT2D eigenvalue weighted by molar-refractivity contribution is 7.92. The minimum absolute atomic E-state index is 0.107. The van der Waals surface area contributed by atoms with Crippen LogP contribution in [0.2, 0.25) is 0 Å². The maximum Gasteiger partial charge on any atom is 0.243 e. The van der Waals surface area contributed by atoms with Gasteiger partial charge in [0.15, 0.2) is 0 Å². The van der Waals surface area contributed by atoms with Crippen molar-refractivity contribution in [2.45, 2.75) is 45.7 Å². The summed E-state index contributed by atoms with van der Waals surface area (Å²) in [6, 6.07) is 25.6. The fraction of sp³-hybridized carbons (Fsp3) is 0.333. The predicted octanol–water partition coefficient (Wildman–Crippen LogP) is 4.32. The molecule has 1 N–H and O–H groups in total. The van der Waals surface area contributed by atoms with Crippen molar-refractivity contribution in [3.05, 3.63) is 102 Å². The molecule has 3 aromatic rings. The van der Waals surface area contributed by atoms with Crippen molar-refractivity contribution in [3.8, 4) is 0 Å². The molecule has 2 amide bonds. The van der Waals surface area contributed by atoms with Crippen molar-refractivity contribution in [2.24, 2.45) is 0 Å². The molecule has 38 heavy (non-hydrogen) atoms. The number of hydrogen-bond donors (Lipinski definition) is 1. The SMILES string of the molecule is CCNC(=O)[C@@H](Cc1ccccc1)N(Cc1ccccc1C)C(=O)CCCN(c1ccccc1)S(C)(=O)=O. The molecule has 0 aliphatic rings. The Hall–Kier alpha value is -3.65. The van der Waals surface area contributed by atoms with Crippen molar-refractivity contribution in [2.75, 3.05) is 23.7 Å². The van der Waals surface area contributed by atoms with Crippen molar-refractivity contribution in [1.29, 1.82) is 0 Å². The molecule has 0 heterocycles. The van der Waals surface area contributed by atoms with E-state index in [-0.39, 0.29) is 31.3 Å². The Morgan fingerprint density at radius 2 is 1.50 bits per heavy atom. The fourth-order valence-corrected chi connectivity index (χ4v) is 5.38. The summed E-state index contributed by atoms with van der Waals surface area (Å²) in [7, 11) is -3.52. The normalized spacial score (nSPS) is 12.0. The second kappa shape index (κ2) is 13.8. The van der Waals surface area contributed by atoms with E-state index in [4.69, 9.17) is 0 Å². The molecular weight excluding hydrogens is 498 g/mol. The van der Waals surface area contributed by atoms with E-state index in [1.807, 2.05) is 74.5 Å². The quantitative estimate of drug-likeness (QED) is 0.353. The van der Waals surface area contributed by atoms with E-state index in [1.165, 1.54) is 4.31 Å². The molecule has 0 fully saturated rings. The van der Waals surface area contributed by atoms with Gasteiger partial charge in [0, 0.05) is 32.5 Å². The van der Waals surface area contributed by atoms with E-state index < -0.39 is 16.1 Å². The van der Waals surface area contributed by atoms with Gasteiger partial charge in [0.2, 0.25) is 21.8 Å². The summed E-state index contributed by atoms with van der Waals surface area (Å²) in [5, 5.41) is 2.90. The predicted molar refractivity (Wildman–Crippen MR) is 152 cm³/mol. The summed E-state index contributed by atoms with van der Waals surface area (Å²) < 4.78 is 26.3. The van der Waals surface area contributed by atoms with Crippen LogP contribution < -0.4 is 9.62 Å². The molecule has 202 valence electrons. The second-order valence-electron chi connectivity index (χ2n) is 9.32. The number of carbonyl (C=O) groups excluding carboxylic acids is 2. The van der Waals surface area contributed by atoms with Crippen molar-refractivity contribution in [1.82, 2.24) is 10.2 Å². The summed E-state index contributed by atoms with van der Waals surface area (Å²) >= 11 is 0. The first-order valence-electron chi connectivity index (χ1n) is 12.9. The monoisotopic (exact) mass is 535 g/mol. The highest BCUT2D eigenvalue weighted by atomic mass is 32.2. The third-order valence-corrected chi connectivity index (χ3v) is 7.61. The number of para-hydroxylation sites is 1. The number of amides is 2. The van der Waals surface area contributed by atoms with Gasteiger partial charge in [-0.05, 0) is 49.1 Å². The maximum atomic E-state index is 13.7. The first kappa shape index (κ1) is 28.9. The summed E-state index contributed by atoms with van der Waals surface area (Å²) in [6.45, 7) is 4.75. The number of rotatable bonds is 13. The minimum Gasteiger partial charge on any atom is -0.355 e. The molecule has 0 saturated carbocycles. The number of benzene rings is 3. The lowest BCUT2D eigenvalue weighted by Gasteiger charge is -2.32. The van der Waals surface area contributed by atoms with Gasteiger partial charge in [0.05, 0.1) is 11.9 Å². The van der Waals surface area contributed by atoms with Gasteiger partial charge >= 0.3 is 0 Å². The van der Waals surface area contributed by atoms with Gasteiger partial charge in [-0.25, -0.2) is 8.42 Å². The first-order valence-corrected chi connectivity index (χ1v) is 14.7. The molecule has 1 atom stereocenters. The first-order chi connectivity index (χ1) is 18.2. The molecule has 0 saturated heterocycles. The average molecular weight is 536 g/mol. The Bertz CT molecular complexity index is 1300. The van der Waals surface area contributed by atoms with Crippen molar-refractivity contribution in [3.63, 3.8) is 0 Å². The minimum atomic E-state index is -3.52. The number of carbonyl (C=O) groups is 2. The largest absolute Gasteiger partial charge is 0.355 e. The lowest BCUT2D eigenvalue weighted by molar-refractivity contribution is -0.141. The number of nitrogens with one attached hydrogen (secondary N) is 1. The Balaban J connectivity index is 1.86. The van der Waals surface area contributed by atoms with Crippen LogP contribution in [0.25, 0.3) is 0 Å². The summed E-state index contributed by atoms with van der Waals surface area (Å²) in [6.07, 6.45) is 1.97. The summed E-state index contributed by atoms with van der Waals surface area (Å²) in [5.41, 5.74) is 3.51. The van der Waals surface area contributed by atoms with E-state index in [1.54, 1.807) is 29.2 Å². The Morgan fingerprint density at radius 3 is 2.11 bits per heavy atom. The molecule has 0 radical (unpaired) electrons. The van der Waals surface area contributed by atoms with Gasteiger partial charge in [-0.1, -0.05) is 72.8 Å². The van der Waals surface area contributed by atoms with Crippen LogP contribution in [0.4, 0.5) is 5.69 Å². The number of nitrogens with zero attached hydrogens (tertiary/aromatic N) is 2. The Morgan fingerprint density at radius 1 is 0.895 bits per heavy atom. The average Bonchev–Trinajstić information content (AvgIpc) is 2.90. The molecule has 3 rings (SSSR count). The Labute approximate surface area is 226 Å². The molecule has 0 bridgehead atoms. The molecule has 0 aliphatic heterocycles. The smallest absolute Gasteiger partial charge is 0.243 e. The van der Waals surface area contributed by atoms with Crippen LogP contribution in [-0.4, -0.2) is 50.5 Å². The van der Waals surface area contributed by atoms with Crippen LogP contribution in [-0.2, 0) is 32.6 Å². The van der Waals surface area contributed by atoms with Crippen molar-refractivity contribution < 1.29 is 18.0 Å².